The zero-order valence-corrected chi connectivity index (χ0v) is 21.2. The van der Waals surface area contributed by atoms with E-state index in [-0.39, 0.29) is 23.5 Å². The number of aromatic nitrogens is 3. The van der Waals surface area contributed by atoms with Crippen molar-refractivity contribution in [2.45, 2.75) is 33.0 Å². The van der Waals surface area contributed by atoms with Gasteiger partial charge in [0.1, 0.15) is 17.3 Å². The number of carbonyl (C=O) groups is 2. The summed E-state index contributed by atoms with van der Waals surface area (Å²) in [6.45, 7) is 5.54. The Bertz CT molecular complexity index is 1320. The number of hydrogen-bond donors (Lipinski definition) is 5. The molecule has 2 unspecified atom stereocenters. The third-order valence-electron chi connectivity index (χ3n) is 5.82. The first-order valence-electron chi connectivity index (χ1n) is 11.3. The number of rotatable bonds is 5. The molecule has 0 saturated heterocycles. The number of amides is 2. The monoisotopic (exact) mass is 510 g/mol. The van der Waals surface area contributed by atoms with Gasteiger partial charge < -0.3 is 21.3 Å². The van der Waals surface area contributed by atoms with Crippen molar-refractivity contribution in [1.29, 1.82) is 0 Å². The van der Waals surface area contributed by atoms with E-state index in [4.69, 9.17) is 16.4 Å². The van der Waals surface area contributed by atoms with Gasteiger partial charge >= 0.3 is 0 Å². The molecule has 4 rings (SSSR count). The van der Waals surface area contributed by atoms with Crippen molar-refractivity contribution in [3.8, 4) is 11.1 Å². The molecule has 1 aliphatic rings. The Kier molecular flexibility index (Phi) is 7.34. The van der Waals surface area contributed by atoms with Gasteiger partial charge in [-0.25, -0.2) is 14.8 Å². The molecule has 0 radical (unpaired) electrons. The number of halogens is 1. The molecule has 2 bridgehead atoms. The standard InChI is InChI=1S/C24H27ClN8O3/c1-11-19-14-8-17(31-22(34)16-7-6-15(25)10-28-16)30-18(9-14)32-24(13(3)26-4)36-33-21(19)20(12(2)29-11)23(35)27-5/h6-10,13,24,26,33H,1-5H3,(H,27,35)(H2,30,31,32,34). The van der Waals surface area contributed by atoms with Crippen molar-refractivity contribution in [3.05, 3.63) is 58.1 Å². The Labute approximate surface area is 213 Å². The topological polar surface area (TPSA) is 142 Å². The highest BCUT2D eigenvalue weighted by atomic mass is 35.5. The van der Waals surface area contributed by atoms with Crippen LogP contribution in [0.2, 0.25) is 5.02 Å². The third kappa shape index (κ3) is 5.08. The van der Waals surface area contributed by atoms with E-state index >= 15 is 0 Å². The quantitative estimate of drug-likeness (QED) is 0.350. The third-order valence-corrected chi connectivity index (χ3v) is 6.04. The van der Waals surface area contributed by atoms with Crippen molar-refractivity contribution in [2.75, 3.05) is 30.2 Å². The first-order chi connectivity index (χ1) is 17.2. The Morgan fingerprint density at radius 2 is 1.89 bits per heavy atom. The second kappa shape index (κ2) is 10.4. The molecule has 11 nitrogen and oxygen atoms in total. The van der Waals surface area contributed by atoms with Crippen molar-refractivity contribution in [2.24, 2.45) is 0 Å². The van der Waals surface area contributed by atoms with Crippen molar-refractivity contribution < 1.29 is 14.4 Å². The van der Waals surface area contributed by atoms with Crippen molar-refractivity contribution in [3.63, 3.8) is 0 Å². The van der Waals surface area contributed by atoms with E-state index in [0.717, 1.165) is 0 Å². The lowest BCUT2D eigenvalue weighted by molar-refractivity contribution is 0.0920. The summed E-state index contributed by atoms with van der Waals surface area (Å²) in [5.74, 6) is -0.0249. The lowest BCUT2D eigenvalue weighted by atomic mass is 9.98. The van der Waals surface area contributed by atoms with Gasteiger partial charge in [0.15, 0.2) is 6.23 Å². The van der Waals surface area contributed by atoms with Gasteiger partial charge in [0.05, 0.1) is 28.0 Å². The zero-order valence-electron chi connectivity index (χ0n) is 20.5. The van der Waals surface area contributed by atoms with Gasteiger partial charge in [-0.15, -0.1) is 0 Å². The summed E-state index contributed by atoms with van der Waals surface area (Å²) in [5.41, 5.74) is 6.53. The molecule has 0 saturated carbocycles. The summed E-state index contributed by atoms with van der Waals surface area (Å²) in [6.07, 6.45) is 0.813. The molecule has 3 aromatic rings. The lowest BCUT2D eigenvalue weighted by Gasteiger charge is -2.26. The fourth-order valence-corrected chi connectivity index (χ4v) is 4.00. The summed E-state index contributed by atoms with van der Waals surface area (Å²) in [4.78, 5) is 44.9. The molecule has 0 aromatic carbocycles. The Morgan fingerprint density at radius 1 is 1.11 bits per heavy atom. The molecule has 4 heterocycles. The molecule has 2 amide bonds. The van der Waals surface area contributed by atoms with E-state index in [1.165, 1.54) is 12.3 Å². The molecule has 2 atom stereocenters. The second-order valence-corrected chi connectivity index (χ2v) is 8.73. The van der Waals surface area contributed by atoms with Crippen LogP contribution < -0.4 is 26.7 Å². The predicted molar refractivity (Wildman–Crippen MR) is 138 cm³/mol. The second-order valence-electron chi connectivity index (χ2n) is 8.29. The summed E-state index contributed by atoms with van der Waals surface area (Å²) >= 11 is 5.89. The molecule has 36 heavy (non-hydrogen) atoms. The lowest BCUT2D eigenvalue weighted by Crippen LogP contribution is -2.43. The van der Waals surface area contributed by atoms with Gasteiger partial charge in [0, 0.05) is 24.5 Å². The zero-order chi connectivity index (χ0) is 26.0. The number of carbonyl (C=O) groups excluding carboxylic acids is 2. The van der Waals surface area contributed by atoms with Gasteiger partial charge in [-0.1, -0.05) is 11.6 Å². The Hall–Kier alpha value is -3.80. The molecule has 188 valence electrons. The van der Waals surface area contributed by atoms with Crippen LogP contribution >= 0.6 is 11.6 Å². The summed E-state index contributed by atoms with van der Waals surface area (Å²) in [5, 5.41) is 12.3. The minimum atomic E-state index is -0.587. The SMILES string of the molecule is CNC(=O)c1c(C)nc(C)c2c1NOC(C(C)NC)Nc1cc-2cc(NC(=O)c2ccc(Cl)cn2)n1. The number of nitrogens with zero attached hydrogens (tertiary/aromatic N) is 3. The molecular formula is C24H27ClN8O3. The average molecular weight is 511 g/mol. The molecule has 0 aliphatic carbocycles. The Morgan fingerprint density at radius 3 is 2.56 bits per heavy atom. The number of anilines is 3. The number of fused-ring (bicyclic) bond motifs is 4. The minimum Gasteiger partial charge on any atom is -0.355 e. The van der Waals surface area contributed by atoms with Gasteiger partial charge in [-0.2, -0.15) is 0 Å². The summed E-state index contributed by atoms with van der Waals surface area (Å²) in [7, 11) is 3.36. The minimum absolute atomic E-state index is 0.159. The molecule has 0 fully saturated rings. The molecule has 0 spiro atoms. The van der Waals surface area contributed by atoms with Crippen LogP contribution in [0.4, 0.5) is 17.3 Å². The first kappa shape index (κ1) is 25.3. The number of pyridine rings is 3. The maximum Gasteiger partial charge on any atom is 0.275 e. The number of nitrogens with one attached hydrogen (secondary N) is 5. The highest BCUT2D eigenvalue weighted by molar-refractivity contribution is 6.30. The highest BCUT2D eigenvalue weighted by Gasteiger charge is 2.27. The maximum atomic E-state index is 12.8. The summed E-state index contributed by atoms with van der Waals surface area (Å²) in [6, 6.07) is 6.48. The van der Waals surface area contributed by atoms with Crippen LogP contribution in [-0.4, -0.2) is 53.1 Å². The molecular weight excluding hydrogens is 484 g/mol. The molecule has 1 aliphatic heterocycles. The molecule has 3 aromatic heterocycles. The Balaban J connectivity index is 1.87. The van der Waals surface area contributed by atoms with E-state index in [1.54, 1.807) is 33.2 Å². The normalized spacial score (nSPS) is 15.2. The summed E-state index contributed by atoms with van der Waals surface area (Å²) < 4.78 is 0. The van der Waals surface area contributed by atoms with E-state index < -0.39 is 12.1 Å². The maximum absolute atomic E-state index is 12.8. The van der Waals surface area contributed by atoms with Crippen LogP contribution in [0, 0.1) is 13.8 Å². The number of aryl methyl sites for hydroxylation is 2. The van der Waals surface area contributed by atoms with Crippen LogP contribution in [0.3, 0.4) is 0 Å². The highest BCUT2D eigenvalue weighted by Crippen LogP contribution is 2.38. The number of hydrogen-bond acceptors (Lipinski definition) is 9. The van der Waals surface area contributed by atoms with E-state index in [2.05, 4.69) is 41.7 Å². The number of likely N-dealkylation sites (N-methyl/N-ethyl adjacent to an activating group) is 1. The van der Waals surface area contributed by atoms with Crippen LogP contribution in [-0.2, 0) is 4.84 Å². The van der Waals surface area contributed by atoms with Crippen LogP contribution in [0.5, 0.6) is 0 Å². The molecule has 12 heteroatoms. The fourth-order valence-electron chi connectivity index (χ4n) is 3.89. The van der Waals surface area contributed by atoms with Gasteiger partial charge in [-0.05, 0) is 57.6 Å². The fraction of sp³-hybridized carbons (Fsp3) is 0.292. The van der Waals surface area contributed by atoms with E-state index in [0.29, 0.717) is 44.6 Å². The smallest absolute Gasteiger partial charge is 0.275 e. The van der Waals surface area contributed by atoms with Crippen molar-refractivity contribution in [1.82, 2.24) is 25.6 Å². The van der Waals surface area contributed by atoms with Gasteiger partial charge in [0.25, 0.3) is 11.8 Å². The largest absolute Gasteiger partial charge is 0.355 e. The average Bonchev–Trinajstić information content (AvgIpc) is 2.90. The predicted octanol–water partition coefficient (Wildman–Crippen LogP) is 3.12. The van der Waals surface area contributed by atoms with Gasteiger partial charge in [0.2, 0.25) is 0 Å². The van der Waals surface area contributed by atoms with Crippen LogP contribution in [0.1, 0.15) is 39.2 Å². The first-order valence-corrected chi connectivity index (χ1v) is 11.6. The van der Waals surface area contributed by atoms with Crippen molar-refractivity contribution >= 4 is 40.7 Å². The van der Waals surface area contributed by atoms with E-state index in [1.807, 2.05) is 19.9 Å². The van der Waals surface area contributed by atoms with Gasteiger partial charge in [-0.3, -0.25) is 20.1 Å². The van der Waals surface area contributed by atoms with Crippen LogP contribution in [0.25, 0.3) is 11.1 Å². The van der Waals surface area contributed by atoms with Crippen LogP contribution in [0.15, 0.2) is 30.5 Å². The molecule has 5 N–H and O–H groups in total. The van der Waals surface area contributed by atoms with E-state index in [9.17, 15) is 9.59 Å².